The maximum Gasteiger partial charge on any atom is 0.358 e. The van der Waals surface area contributed by atoms with Gasteiger partial charge in [0.15, 0.2) is 11.5 Å². The lowest BCUT2D eigenvalue weighted by atomic mass is 10.3. The zero-order valence-electron chi connectivity index (χ0n) is 10.8. The summed E-state index contributed by atoms with van der Waals surface area (Å²) in [5.41, 5.74) is 1.54. The quantitative estimate of drug-likeness (QED) is 0.636. The van der Waals surface area contributed by atoms with E-state index in [1.165, 1.54) is 14.0 Å². The number of carbonyl (C=O) groups is 2. The summed E-state index contributed by atoms with van der Waals surface area (Å²) >= 11 is 1.15. The molecule has 0 atom stereocenters. The van der Waals surface area contributed by atoms with Crippen molar-refractivity contribution in [1.29, 1.82) is 0 Å². The van der Waals surface area contributed by atoms with Crippen molar-refractivity contribution in [3.8, 4) is 10.7 Å². The number of aryl methyl sites for hydroxylation is 1. The van der Waals surface area contributed by atoms with E-state index >= 15 is 0 Å². The topological polar surface area (TPSA) is 69.2 Å². The van der Waals surface area contributed by atoms with E-state index in [2.05, 4.69) is 14.7 Å². The molecule has 0 saturated carbocycles. The van der Waals surface area contributed by atoms with E-state index in [1.807, 2.05) is 19.1 Å². The second-order valence-corrected chi connectivity index (χ2v) is 4.91. The smallest absolute Gasteiger partial charge is 0.358 e. The molecule has 0 aliphatic carbocycles. The molecule has 5 nitrogen and oxygen atoms in total. The van der Waals surface area contributed by atoms with Crippen LogP contribution in [-0.4, -0.2) is 28.8 Å². The van der Waals surface area contributed by atoms with Crippen LogP contribution in [0.25, 0.3) is 10.7 Å². The largest absolute Gasteiger partial charge is 0.464 e. The van der Waals surface area contributed by atoms with Gasteiger partial charge in [0.25, 0.3) is 0 Å². The monoisotopic (exact) mass is 276 g/mol. The number of pyridine rings is 1. The molecule has 2 aromatic heterocycles. The summed E-state index contributed by atoms with van der Waals surface area (Å²) < 4.78 is 4.63. The number of Topliss-reactive ketones (excluding diaryl/α,β-unsaturated/α-hetero) is 1. The van der Waals surface area contributed by atoms with Crippen LogP contribution in [0.3, 0.4) is 0 Å². The van der Waals surface area contributed by atoms with Crippen molar-refractivity contribution < 1.29 is 14.3 Å². The fraction of sp³-hybridized carbons (Fsp3) is 0.231. The van der Waals surface area contributed by atoms with Crippen LogP contribution >= 0.6 is 11.3 Å². The molecule has 0 amide bonds. The Balaban J connectivity index is 2.54. The Morgan fingerprint density at radius 2 is 2.00 bits per heavy atom. The SMILES string of the molecule is COC(=O)c1nc(-c2cccc(C)n2)sc1C(C)=O. The van der Waals surface area contributed by atoms with Gasteiger partial charge in [0.05, 0.1) is 12.8 Å². The minimum Gasteiger partial charge on any atom is -0.464 e. The first-order valence-electron chi connectivity index (χ1n) is 5.57. The number of esters is 1. The van der Waals surface area contributed by atoms with Gasteiger partial charge in [0.1, 0.15) is 9.88 Å². The molecule has 2 rings (SSSR count). The number of rotatable bonds is 3. The number of thiazole rings is 1. The lowest BCUT2D eigenvalue weighted by Crippen LogP contribution is -2.06. The first-order chi connectivity index (χ1) is 9.02. The normalized spacial score (nSPS) is 10.3. The minimum absolute atomic E-state index is 0.0540. The van der Waals surface area contributed by atoms with Crippen molar-refractivity contribution >= 4 is 23.1 Å². The van der Waals surface area contributed by atoms with Crippen LogP contribution in [0.1, 0.15) is 32.8 Å². The summed E-state index contributed by atoms with van der Waals surface area (Å²) in [6, 6.07) is 5.51. The highest BCUT2D eigenvalue weighted by Crippen LogP contribution is 2.27. The maximum atomic E-state index is 11.6. The maximum absolute atomic E-state index is 11.6. The van der Waals surface area contributed by atoms with E-state index in [1.54, 1.807) is 6.07 Å². The molecule has 0 fully saturated rings. The van der Waals surface area contributed by atoms with Crippen molar-refractivity contribution in [3.05, 3.63) is 34.5 Å². The van der Waals surface area contributed by atoms with Crippen molar-refractivity contribution in [2.45, 2.75) is 13.8 Å². The average molecular weight is 276 g/mol. The molecule has 19 heavy (non-hydrogen) atoms. The predicted molar refractivity (Wildman–Crippen MR) is 71.4 cm³/mol. The second kappa shape index (κ2) is 5.27. The molecule has 98 valence electrons. The number of nitrogens with zero attached hydrogens (tertiary/aromatic N) is 2. The van der Waals surface area contributed by atoms with Crippen molar-refractivity contribution in [3.63, 3.8) is 0 Å². The lowest BCUT2D eigenvalue weighted by molar-refractivity contribution is 0.0591. The van der Waals surface area contributed by atoms with Crippen LogP contribution in [0, 0.1) is 6.92 Å². The minimum atomic E-state index is -0.611. The molecule has 0 radical (unpaired) electrons. The van der Waals surface area contributed by atoms with E-state index in [9.17, 15) is 9.59 Å². The molecular formula is C13H12N2O3S. The van der Waals surface area contributed by atoms with Gasteiger partial charge >= 0.3 is 5.97 Å². The van der Waals surface area contributed by atoms with Gasteiger partial charge in [-0.05, 0) is 19.1 Å². The van der Waals surface area contributed by atoms with E-state index in [0.717, 1.165) is 17.0 Å². The van der Waals surface area contributed by atoms with E-state index in [4.69, 9.17) is 0 Å². The zero-order chi connectivity index (χ0) is 14.0. The Morgan fingerprint density at radius 1 is 1.26 bits per heavy atom. The standard InChI is InChI=1S/C13H12N2O3S/c1-7-5-4-6-9(14-7)12-15-10(13(17)18-3)11(19-12)8(2)16/h4-6H,1-3H3. The van der Waals surface area contributed by atoms with Crippen molar-refractivity contribution in [1.82, 2.24) is 9.97 Å². The van der Waals surface area contributed by atoms with Crippen LogP contribution in [0.15, 0.2) is 18.2 Å². The number of hydrogen-bond acceptors (Lipinski definition) is 6. The molecule has 0 aliphatic rings. The van der Waals surface area contributed by atoms with Gasteiger partial charge in [-0.2, -0.15) is 0 Å². The first kappa shape index (κ1) is 13.4. The third-order valence-electron chi connectivity index (χ3n) is 2.43. The summed E-state index contributed by atoms with van der Waals surface area (Å²) in [5, 5.41) is 0.536. The average Bonchev–Trinajstić information content (AvgIpc) is 2.83. The molecule has 0 spiro atoms. The number of ether oxygens (including phenoxy) is 1. The van der Waals surface area contributed by atoms with Crippen LogP contribution < -0.4 is 0 Å². The first-order valence-corrected chi connectivity index (χ1v) is 6.38. The number of methoxy groups -OCH3 is 1. The third kappa shape index (κ3) is 2.68. The van der Waals surface area contributed by atoms with Crippen LogP contribution in [0.2, 0.25) is 0 Å². The highest BCUT2D eigenvalue weighted by atomic mass is 32.1. The Kier molecular flexibility index (Phi) is 3.71. The number of hydrogen-bond donors (Lipinski definition) is 0. The fourth-order valence-corrected chi connectivity index (χ4v) is 2.48. The summed E-state index contributed by atoms with van der Waals surface area (Å²) in [4.78, 5) is 31.9. The molecule has 6 heteroatoms. The van der Waals surface area contributed by atoms with Crippen LogP contribution in [0.4, 0.5) is 0 Å². The molecule has 2 aromatic rings. The van der Waals surface area contributed by atoms with E-state index in [0.29, 0.717) is 15.6 Å². The summed E-state index contributed by atoms with van der Waals surface area (Å²) in [7, 11) is 1.26. The van der Waals surface area contributed by atoms with Gasteiger partial charge in [-0.25, -0.2) is 9.78 Å². The van der Waals surface area contributed by atoms with Crippen molar-refractivity contribution in [2.75, 3.05) is 7.11 Å². The van der Waals surface area contributed by atoms with Gasteiger partial charge in [0.2, 0.25) is 0 Å². The van der Waals surface area contributed by atoms with Gasteiger partial charge in [-0.3, -0.25) is 9.78 Å². The molecule has 0 saturated heterocycles. The fourth-order valence-electron chi connectivity index (χ4n) is 1.57. The number of ketones is 1. The van der Waals surface area contributed by atoms with Crippen molar-refractivity contribution in [2.24, 2.45) is 0 Å². The molecule has 0 unspecified atom stereocenters. The second-order valence-electron chi connectivity index (χ2n) is 3.91. The third-order valence-corrected chi connectivity index (χ3v) is 3.61. The molecule has 2 heterocycles. The summed E-state index contributed by atoms with van der Waals surface area (Å²) in [6.45, 7) is 3.26. The van der Waals surface area contributed by atoms with Gasteiger partial charge in [0, 0.05) is 12.6 Å². The Bertz CT molecular complexity index is 649. The van der Waals surface area contributed by atoms with E-state index < -0.39 is 5.97 Å². The number of carbonyl (C=O) groups excluding carboxylic acids is 2. The Morgan fingerprint density at radius 3 is 2.58 bits per heavy atom. The van der Waals surface area contributed by atoms with Gasteiger partial charge < -0.3 is 4.74 Å². The van der Waals surface area contributed by atoms with Gasteiger partial charge in [-0.1, -0.05) is 6.07 Å². The summed E-state index contributed by atoms with van der Waals surface area (Å²) in [5.74, 6) is -0.822. The molecule has 0 bridgehead atoms. The molecule has 0 N–H and O–H groups in total. The lowest BCUT2D eigenvalue weighted by Gasteiger charge is -1.96. The molecule has 0 aromatic carbocycles. The zero-order valence-corrected chi connectivity index (χ0v) is 11.6. The van der Waals surface area contributed by atoms with Crippen LogP contribution in [-0.2, 0) is 4.74 Å². The van der Waals surface area contributed by atoms with E-state index in [-0.39, 0.29) is 11.5 Å². The molecular weight excluding hydrogens is 264 g/mol. The highest BCUT2D eigenvalue weighted by Gasteiger charge is 2.22. The Hall–Kier alpha value is -2.08. The molecule has 0 aliphatic heterocycles. The van der Waals surface area contributed by atoms with Crippen LogP contribution in [0.5, 0.6) is 0 Å². The Labute approximate surface area is 114 Å². The van der Waals surface area contributed by atoms with Gasteiger partial charge in [-0.15, -0.1) is 11.3 Å². The number of aromatic nitrogens is 2. The summed E-state index contributed by atoms with van der Waals surface area (Å²) in [6.07, 6.45) is 0. The highest BCUT2D eigenvalue weighted by molar-refractivity contribution is 7.17. The predicted octanol–water partition coefficient (Wildman–Crippen LogP) is 2.50.